The highest BCUT2D eigenvalue weighted by atomic mass is 19.3. The standard InChI is InChI=1S/C7H7F2N2O/c1-12-4-6-10-3-2-5(11-6)7(8)9/h3,7H,4H2,1H3. The van der Waals surface area contributed by atoms with Gasteiger partial charge in [0.25, 0.3) is 6.43 Å². The Bertz CT molecular complexity index is 255. The zero-order valence-electron chi connectivity index (χ0n) is 6.42. The van der Waals surface area contributed by atoms with E-state index in [1.807, 2.05) is 0 Å². The van der Waals surface area contributed by atoms with Crippen LogP contribution in [0.5, 0.6) is 0 Å². The first kappa shape index (κ1) is 8.99. The molecule has 5 heteroatoms. The van der Waals surface area contributed by atoms with Crippen LogP contribution in [-0.4, -0.2) is 17.1 Å². The third-order valence-electron chi connectivity index (χ3n) is 1.16. The van der Waals surface area contributed by atoms with E-state index < -0.39 is 12.1 Å². The first-order valence-electron chi connectivity index (χ1n) is 3.24. The predicted molar refractivity (Wildman–Crippen MR) is 36.5 cm³/mol. The van der Waals surface area contributed by atoms with E-state index in [0.29, 0.717) is 0 Å². The van der Waals surface area contributed by atoms with Gasteiger partial charge < -0.3 is 4.74 Å². The molecule has 0 saturated carbocycles. The normalized spacial score (nSPS) is 10.7. The van der Waals surface area contributed by atoms with Crippen molar-refractivity contribution >= 4 is 0 Å². The number of methoxy groups -OCH3 is 1. The monoisotopic (exact) mass is 173 g/mol. The second-order valence-corrected chi connectivity index (χ2v) is 2.05. The summed E-state index contributed by atoms with van der Waals surface area (Å²) in [5, 5.41) is 0. The lowest BCUT2D eigenvalue weighted by Gasteiger charge is -2.00. The van der Waals surface area contributed by atoms with Gasteiger partial charge in [0.05, 0.1) is 0 Å². The molecule has 0 spiro atoms. The molecule has 0 fully saturated rings. The Morgan fingerprint density at radius 3 is 3.00 bits per heavy atom. The quantitative estimate of drug-likeness (QED) is 0.692. The second-order valence-electron chi connectivity index (χ2n) is 2.05. The SMILES string of the molecule is COCc1nc[c]c(C(F)F)n1. The van der Waals surface area contributed by atoms with Gasteiger partial charge in [-0.3, -0.25) is 0 Å². The second kappa shape index (κ2) is 4.06. The van der Waals surface area contributed by atoms with E-state index in [0.717, 1.165) is 0 Å². The Kier molecular flexibility index (Phi) is 3.04. The molecule has 0 bridgehead atoms. The van der Waals surface area contributed by atoms with Crippen LogP contribution < -0.4 is 0 Å². The number of ether oxygens (including phenoxy) is 1. The maximum absolute atomic E-state index is 12.0. The summed E-state index contributed by atoms with van der Waals surface area (Å²) in [6.07, 6.45) is -1.44. The lowest BCUT2D eigenvalue weighted by Crippen LogP contribution is -2.00. The number of alkyl halides is 2. The van der Waals surface area contributed by atoms with Crippen LogP contribution in [0.1, 0.15) is 17.9 Å². The molecule has 0 aliphatic rings. The van der Waals surface area contributed by atoms with Crippen LogP contribution in [0.2, 0.25) is 0 Å². The van der Waals surface area contributed by atoms with Gasteiger partial charge in [-0.1, -0.05) is 0 Å². The summed E-state index contributed by atoms with van der Waals surface area (Å²) >= 11 is 0. The van der Waals surface area contributed by atoms with Gasteiger partial charge >= 0.3 is 0 Å². The van der Waals surface area contributed by atoms with E-state index in [4.69, 9.17) is 0 Å². The van der Waals surface area contributed by atoms with Crippen LogP contribution in [0, 0.1) is 6.07 Å². The van der Waals surface area contributed by atoms with Crippen LogP contribution in [0.25, 0.3) is 0 Å². The minimum atomic E-state index is -2.61. The molecule has 0 amide bonds. The highest BCUT2D eigenvalue weighted by molar-refractivity contribution is 5.00. The maximum Gasteiger partial charge on any atom is 0.281 e. The fourth-order valence-electron chi connectivity index (χ4n) is 0.684. The van der Waals surface area contributed by atoms with Gasteiger partial charge in [-0.2, -0.15) is 0 Å². The first-order valence-corrected chi connectivity index (χ1v) is 3.24. The maximum atomic E-state index is 12.0. The van der Waals surface area contributed by atoms with E-state index >= 15 is 0 Å². The Morgan fingerprint density at radius 2 is 2.42 bits per heavy atom. The molecule has 1 radical (unpaired) electrons. The van der Waals surface area contributed by atoms with E-state index in [-0.39, 0.29) is 12.4 Å². The van der Waals surface area contributed by atoms with Crippen molar-refractivity contribution in [3.8, 4) is 0 Å². The summed E-state index contributed by atoms with van der Waals surface area (Å²) in [6, 6.07) is 2.24. The topological polar surface area (TPSA) is 35.0 Å². The summed E-state index contributed by atoms with van der Waals surface area (Å²) in [4.78, 5) is 7.21. The van der Waals surface area contributed by atoms with Crippen molar-refractivity contribution in [3.05, 3.63) is 23.8 Å². The van der Waals surface area contributed by atoms with Crippen LogP contribution in [0.3, 0.4) is 0 Å². The van der Waals surface area contributed by atoms with Gasteiger partial charge in [0.2, 0.25) is 0 Å². The zero-order chi connectivity index (χ0) is 8.97. The van der Waals surface area contributed by atoms with Gasteiger partial charge in [0.1, 0.15) is 12.3 Å². The minimum absolute atomic E-state index is 0.133. The third kappa shape index (κ3) is 2.20. The molecule has 0 aromatic carbocycles. The lowest BCUT2D eigenvalue weighted by molar-refractivity contribution is 0.142. The largest absolute Gasteiger partial charge is 0.377 e. The van der Waals surface area contributed by atoms with Gasteiger partial charge in [0, 0.05) is 19.4 Å². The van der Waals surface area contributed by atoms with Gasteiger partial charge in [-0.05, 0) is 0 Å². The Labute approximate surface area is 68.4 Å². The molecule has 0 aliphatic heterocycles. The fourth-order valence-corrected chi connectivity index (χ4v) is 0.684. The molecule has 0 aliphatic carbocycles. The highest BCUT2D eigenvalue weighted by Gasteiger charge is 2.09. The molecule has 1 rings (SSSR count). The first-order chi connectivity index (χ1) is 5.74. The Hall–Kier alpha value is -1.10. The zero-order valence-corrected chi connectivity index (χ0v) is 6.42. The highest BCUT2D eigenvalue weighted by Crippen LogP contribution is 2.14. The number of hydrogen-bond donors (Lipinski definition) is 0. The Balaban J connectivity index is 2.81. The van der Waals surface area contributed by atoms with Crippen molar-refractivity contribution in [2.24, 2.45) is 0 Å². The molecular weight excluding hydrogens is 166 g/mol. The van der Waals surface area contributed by atoms with Crippen LogP contribution in [0.4, 0.5) is 8.78 Å². The third-order valence-corrected chi connectivity index (χ3v) is 1.16. The number of hydrogen-bond acceptors (Lipinski definition) is 3. The fraction of sp³-hybridized carbons (Fsp3) is 0.429. The van der Waals surface area contributed by atoms with Gasteiger partial charge in [0.15, 0.2) is 5.82 Å². The number of aromatic nitrogens is 2. The summed E-state index contributed by atoms with van der Waals surface area (Å²) in [5.41, 5.74) is -0.392. The van der Waals surface area contributed by atoms with Crippen LogP contribution in [0.15, 0.2) is 6.20 Å². The van der Waals surface area contributed by atoms with Gasteiger partial charge in [-0.15, -0.1) is 0 Å². The molecule has 0 atom stereocenters. The summed E-state index contributed by atoms with van der Waals surface area (Å²) in [5.74, 6) is 0.242. The van der Waals surface area contributed by atoms with E-state index in [1.54, 1.807) is 0 Å². The molecule has 0 unspecified atom stereocenters. The number of nitrogens with zero attached hydrogens (tertiary/aromatic N) is 2. The van der Waals surface area contributed by atoms with Crippen molar-refractivity contribution in [2.45, 2.75) is 13.0 Å². The van der Waals surface area contributed by atoms with Gasteiger partial charge in [-0.25, -0.2) is 18.7 Å². The molecule has 0 saturated heterocycles. The van der Waals surface area contributed by atoms with Crippen molar-refractivity contribution in [3.63, 3.8) is 0 Å². The van der Waals surface area contributed by atoms with E-state index in [9.17, 15) is 8.78 Å². The number of rotatable bonds is 3. The predicted octanol–water partition coefficient (Wildman–Crippen LogP) is 1.36. The van der Waals surface area contributed by atoms with Crippen molar-refractivity contribution < 1.29 is 13.5 Å². The van der Waals surface area contributed by atoms with Crippen molar-refractivity contribution in [1.29, 1.82) is 0 Å². The summed E-state index contributed by atoms with van der Waals surface area (Å²) in [6.45, 7) is 0.133. The van der Waals surface area contributed by atoms with E-state index in [1.165, 1.54) is 13.3 Å². The van der Waals surface area contributed by atoms with E-state index in [2.05, 4.69) is 20.8 Å². The molecule has 0 N–H and O–H groups in total. The average Bonchev–Trinajstić information content (AvgIpc) is 2.05. The molecule has 1 aromatic heterocycles. The summed E-state index contributed by atoms with van der Waals surface area (Å²) in [7, 11) is 1.45. The van der Waals surface area contributed by atoms with Crippen molar-refractivity contribution in [2.75, 3.05) is 7.11 Å². The summed E-state index contributed by atoms with van der Waals surface area (Å²) < 4.78 is 28.7. The molecule has 12 heavy (non-hydrogen) atoms. The minimum Gasteiger partial charge on any atom is -0.377 e. The Morgan fingerprint density at radius 1 is 1.67 bits per heavy atom. The molecule has 1 heterocycles. The molecule has 1 aromatic rings. The van der Waals surface area contributed by atoms with Crippen LogP contribution in [-0.2, 0) is 11.3 Å². The lowest BCUT2D eigenvalue weighted by atomic mass is 10.4. The molecule has 65 valence electrons. The smallest absolute Gasteiger partial charge is 0.281 e. The van der Waals surface area contributed by atoms with Crippen LogP contribution >= 0.6 is 0 Å². The number of halogens is 2. The molecular formula is C7H7F2N2O. The average molecular weight is 173 g/mol. The molecule has 3 nitrogen and oxygen atoms in total. The van der Waals surface area contributed by atoms with Crippen molar-refractivity contribution in [1.82, 2.24) is 9.97 Å².